The Hall–Kier alpha value is -1.60. The van der Waals surface area contributed by atoms with Crippen molar-refractivity contribution in [3.63, 3.8) is 0 Å². The summed E-state index contributed by atoms with van der Waals surface area (Å²) in [7, 11) is 0. The Balaban J connectivity index is 1.88. The number of hydrogen-bond acceptors (Lipinski definition) is 5. The van der Waals surface area contributed by atoms with Crippen LogP contribution in [0.5, 0.6) is 0 Å². The van der Waals surface area contributed by atoms with Crippen LogP contribution in [0, 0.1) is 28.6 Å². The zero-order valence-electron chi connectivity index (χ0n) is 19.4. The number of ether oxygens (including phenoxy) is 1. The van der Waals surface area contributed by atoms with Crippen molar-refractivity contribution in [1.82, 2.24) is 0 Å². The number of aliphatic hydroxyl groups is 1. The van der Waals surface area contributed by atoms with Gasteiger partial charge in [-0.25, -0.2) is 8.78 Å². The molecule has 0 radical (unpaired) electrons. The molecule has 1 N–H and O–H groups in total. The number of ketones is 2. The van der Waals surface area contributed by atoms with Crippen LogP contribution < -0.4 is 0 Å². The van der Waals surface area contributed by atoms with Crippen LogP contribution in [0.1, 0.15) is 53.4 Å². The third-order valence-electron chi connectivity index (χ3n) is 9.27. The monoisotopic (exact) mass is 484 g/mol. The van der Waals surface area contributed by atoms with Crippen molar-refractivity contribution in [3.05, 3.63) is 23.8 Å². The van der Waals surface area contributed by atoms with Crippen LogP contribution in [0.15, 0.2) is 23.8 Å². The lowest BCUT2D eigenvalue weighted by atomic mass is 9.44. The van der Waals surface area contributed by atoms with Gasteiger partial charge in [0.15, 0.2) is 22.8 Å². The summed E-state index contributed by atoms with van der Waals surface area (Å²) in [6, 6.07) is 0. The lowest BCUT2D eigenvalue weighted by Crippen LogP contribution is -2.71. The van der Waals surface area contributed by atoms with E-state index in [9.17, 15) is 19.5 Å². The molecule has 0 amide bonds. The first kappa shape index (κ1) is 24.5. The Labute approximate surface area is 197 Å². The van der Waals surface area contributed by atoms with Crippen molar-refractivity contribution >= 4 is 29.1 Å². The van der Waals surface area contributed by atoms with Gasteiger partial charge < -0.3 is 9.84 Å². The maximum atomic E-state index is 17.2. The molecule has 0 saturated heterocycles. The molecule has 3 saturated carbocycles. The summed E-state index contributed by atoms with van der Waals surface area (Å²) in [6.45, 7) is 6.64. The van der Waals surface area contributed by atoms with Crippen LogP contribution in [0.3, 0.4) is 0 Å². The molecule has 2 unspecified atom stereocenters. The van der Waals surface area contributed by atoms with Gasteiger partial charge in [0.25, 0.3) is 0 Å². The quantitative estimate of drug-likeness (QED) is 0.481. The van der Waals surface area contributed by atoms with Crippen molar-refractivity contribution in [2.24, 2.45) is 28.6 Å². The first-order valence-electron chi connectivity index (χ1n) is 11.6. The smallest absolute Gasteiger partial charge is 0.306 e. The van der Waals surface area contributed by atoms with Gasteiger partial charge in [-0.2, -0.15) is 0 Å². The summed E-state index contributed by atoms with van der Waals surface area (Å²) >= 11 is 5.97. The van der Waals surface area contributed by atoms with E-state index in [1.807, 2.05) is 0 Å². The number of rotatable bonds is 4. The largest absolute Gasteiger partial charge is 0.450 e. The second-order valence-electron chi connectivity index (χ2n) is 10.6. The number of carbonyl (C=O) groups excluding carboxylic acids is 3. The van der Waals surface area contributed by atoms with Gasteiger partial charge in [-0.15, -0.1) is 11.6 Å². The Morgan fingerprint density at radius 1 is 1.27 bits per heavy atom. The minimum absolute atomic E-state index is 0.0431. The summed E-state index contributed by atoms with van der Waals surface area (Å²) in [5, 5.41) is 11.4. The van der Waals surface area contributed by atoms with E-state index in [4.69, 9.17) is 16.3 Å². The molecule has 33 heavy (non-hydrogen) atoms. The normalized spacial score (nSPS) is 48.4. The summed E-state index contributed by atoms with van der Waals surface area (Å²) < 4.78 is 38.5. The second kappa shape index (κ2) is 7.70. The molecule has 3 fully saturated rings. The highest BCUT2D eigenvalue weighted by atomic mass is 35.5. The van der Waals surface area contributed by atoms with Gasteiger partial charge in [0, 0.05) is 29.1 Å². The van der Waals surface area contributed by atoms with Crippen molar-refractivity contribution in [2.75, 3.05) is 5.88 Å². The van der Waals surface area contributed by atoms with Crippen LogP contribution in [-0.2, 0) is 19.1 Å². The predicted octanol–water partition coefficient (Wildman–Crippen LogP) is 4.05. The number of halogens is 3. The van der Waals surface area contributed by atoms with Gasteiger partial charge >= 0.3 is 5.97 Å². The number of alkyl halides is 3. The molecule has 0 aromatic carbocycles. The maximum Gasteiger partial charge on any atom is 0.306 e. The predicted molar refractivity (Wildman–Crippen MR) is 118 cm³/mol. The van der Waals surface area contributed by atoms with Crippen molar-refractivity contribution < 1.29 is 33.0 Å². The number of aliphatic hydroxyl groups excluding tert-OH is 1. The van der Waals surface area contributed by atoms with E-state index in [1.54, 1.807) is 20.8 Å². The third-order valence-corrected chi connectivity index (χ3v) is 9.51. The Bertz CT molecular complexity index is 964. The van der Waals surface area contributed by atoms with E-state index in [2.05, 4.69) is 0 Å². The fourth-order valence-corrected chi connectivity index (χ4v) is 7.94. The summed E-state index contributed by atoms with van der Waals surface area (Å²) in [4.78, 5) is 37.7. The van der Waals surface area contributed by atoms with Crippen molar-refractivity contribution in [2.45, 2.75) is 76.9 Å². The molecule has 9 atom stereocenters. The van der Waals surface area contributed by atoms with Crippen LogP contribution in [0.4, 0.5) is 8.78 Å². The molecule has 182 valence electrons. The minimum Gasteiger partial charge on any atom is -0.450 e. The second-order valence-corrected chi connectivity index (χ2v) is 10.9. The van der Waals surface area contributed by atoms with Crippen molar-refractivity contribution in [1.29, 1.82) is 0 Å². The average molecular weight is 485 g/mol. The fourth-order valence-electron chi connectivity index (χ4n) is 7.74. The lowest BCUT2D eigenvalue weighted by Gasteiger charge is -2.63. The number of hydrogen-bond donors (Lipinski definition) is 1. The number of fused-ring (bicyclic) bond motifs is 5. The molecule has 4 aliphatic carbocycles. The molecule has 5 nitrogen and oxygen atoms in total. The highest BCUT2D eigenvalue weighted by Crippen LogP contribution is 2.71. The van der Waals surface area contributed by atoms with E-state index in [1.165, 1.54) is 19.1 Å². The number of carbonyl (C=O) groups is 3. The van der Waals surface area contributed by atoms with E-state index in [0.717, 1.165) is 6.08 Å². The summed E-state index contributed by atoms with van der Waals surface area (Å²) in [5.74, 6) is -3.84. The average Bonchev–Trinajstić information content (AvgIpc) is 2.98. The Morgan fingerprint density at radius 2 is 1.94 bits per heavy atom. The summed E-state index contributed by atoms with van der Waals surface area (Å²) in [6.07, 6.45) is 0.584. The Morgan fingerprint density at radius 3 is 2.55 bits per heavy atom. The fraction of sp³-hybridized carbons (Fsp3) is 0.720. The van der Waals surface area contributed by atoms with Gasteiger partial charge in [-0.05, 0) is 49.8 Å². The van der Waals surface area contributed by atoms with Gasteiger partial charge in [0.05, 0.1) is 12.0 Å². The number of allylic oxidation sites excluding steroid dienone is 4. The molecule has 4 rings (SSSR count). The van der Waals surface area contributed by atoms with Gasteiger partial charge in [-0.3, -0.25) is 14.4 Å². The SMILES string of the molecule is CCC(=O)O[C@]1(C(=O)CCl)[C@@H](C)CC2C3C[C@H](F)C4=CC(=O)C=C[C@]4(C)[C@@]3(F)[C@@H](O)C[C@@]21C. The molecule has 0 aromatic heterocycles. The highest BCUT2D eigenvalue weighted by molar-refractivity contribution is 6.29. The zero-order valence-corrected chi connectivity index (χ0v) is 20.1. The minimum atomic E-state index is -2.25. The van der Waals surface area contributed by atoms with E-state index >= 15 is 8.78 Å². The molecular weight excluding hydrogens is 454 g/mol. The number of Topliss-reactive ketones (excluding diaryl/α,β-unsaturated/α-hetero) is 1. The first-order valence-corrected chi connectivity index (χ1v) is 12.1. The van der Waals surface area contributed by atoms with Crippen molar-refractivity contribution in [3.8, 4) is 0 Å². The van der Waals surface area contributed by atoms with E-state index in [-0.39, 0.29) is 24.8 Å². The zero-order chi connectivity index (χ0) is 24.6. The first-order chi connectivity index (χ1) is 15.3. The lowest BCUT2D eigenvalue weighted by molar-refractivity contribution is -0.230. The van der Waals surface area contributed by atoms with Gasteiger partial charge in [-0.1, -0.05) is 26.8 Å². The van der Waals surface area contributed by atoms with Crippen LogP contribution in [-0.4, -0.2) is 52.1 Å². The number of esters is 1. The van der Waals surface area contributed by atoms with Crippen LogP contribution in [0.2, 0.25) is 0 Å². The molecule has 8 heteroatoms. The molecule has 0 aliphatic heterocycles. The molecule has 0 bridgehead atoms. The Kier molecular flexibility index (Phi) is 5.73. The maximum absolute atomic E-state index is 17.2. The van der Waals surface area contributed by atoms with Gasteiger partial charge in [0.1, 0.15) is 6.17 Å². The molecule has 4 aliphatic rings. The van der Waals surface area contributed by atoms with Crippen LogP contribution >= 0.6 is 11.6 Å². The van der Waals surface area contributed by atoms with E-state index < -0.39 is 75.5 Å². The molecule has 0 spiro atoms. The topological polar surface area (TPSA) is 80.7 Å². The molecular formula is C25H31ClF2O5. The van der Waals surface area contributed by atoms with Gasteiger partial charge in [0.2, 0.25) is 0 Å². The highest BCUT2D eigenvalue weighted by Gasteiger charge is 2.77. The molecule has 0 heterocycles. The van der Waals surface area contributed by atoms with Crippen LogP contribution in [0.25, 0.3) is 0 Å². The summed E-state index contributed by atoms with van der Waals surface area (Å²) in [5.41, 5.74) is -6.47. The molecule has 0 aromatic rings. The standard InChI is InChI=1S/C25H31ClF2O5/c1-5-21(32)33-25(20(31)12-26)13(2)8-15-16-10-18(27)17-9-14(29)6-7-22(17,3)24(16,28)19(30)11-23(15,25)4/h6-7,9,13,15-16,18-19,30H,5,8,10-12H2,1-4H3/t13-,15?,16?,18-,19-,22-,23-,24-,25-/m0/s1. The van der Waals surface area contributed by atoms with E-state index in [0.29, 0.717) is 6.42 Å². The third kappa shape index (κ3) is 2.87.